The van der Waals surface area contributed by atoms with Crippen LogP contribution in [0.3, 0.4) is 0 Å². The van der Waals surface area contributed by atoms with Gasteiger partial charge in [0.05, 0.1) is 0 Å². The number of halogens is 1. The lowest BCUT2D eigenvalue weighted by molar-refractivity contribution is 0.566. The first-order chi connectivity index (χ1) is 7.00. The van der Waals surface area contributed by atoms with E-state index in [4.69, 9.17) is 5.73 Å². The predicted octanol–water partition coefficient (Wildman–Crippen LogP) is 2.87. The van der Waals surface area contributed by atoms with E-state index in [1.54, 1.807) is 0 Å². The molecule has 15 heavy (non-hydrogen) atoms. The highest BCUT2D eigenvalue weighted by Crippen LogP contribution is 2.36. The summed E-state index contributed by atoms with van der Waals surface area (Å²) in [6, 6.07) is 3.82. The molecular formula is C13H18FN. The van der Waals surface area contributed by atoms with Crippen LogP contribution in [0, 0.1) is 19.7 Å². The highest BCUT2D eigenvalue weighted by Gasteiger charge is 2.37. The van der Waals surface area contributed by atoms with E-state index in [1.165, 1.54) is 0 Å². The van der Waals surface area contributed by atoms with Crippen molar-refractivity contribution in [2.24, 2.45) is 5.73 Å². The van der Waals surface area contributed by atoms with Gasteiger partial charge in [-0.05, 0) is 50.7 Å². The van der Waals surface area contributed by atoms with Crippen LogP contribution < -0.4 is 5.73 Å². The fourth-order valence-corrected chi connectivity index (χ4v) is 2.01. The minimum atomic E-state index is -0.0511. The number of rotatable bonds is 3. The summed E-state index contributed by atoms with van der Waals surface area (Å²) in [5, 5.41) is 0. The van der Waals surface area contributed by atoms with Gasteiger partial charge in [-0.1, -0.05) is 17.7 Å². The normalized spacial score (nSPS) is 17.9. The van der Waals surface area contributed by atoms with Gasteiger partial charge in [0.2, 0.25) is 0 Å². The van der Waals surface area contributed by atoms with E-state index < -0.39 is 0 Å². The average Bonchev–Trinajstić information content (AvgIpc) is 2.88. The van der Waals surface area contributed by atoms with Crippen LogP contribution in [0.5, 0.6) is 0 Å². The van der Waals surface area contributed by atoms with Crippen molar-refractivity contribution in [2.75, 3.05) is 0 Å². The molecule has 1 fully saturated rings. The molecule has 0 bridgehead atoms. The van der Waals surface area contributed by atoms with Crippen molar-refractivity contribution in [1.82, 2.24) is 0 Å². The summed E-state index contributed by atoms with van der Waals surface area (Å²) in [4.78, 5) is 0. The Balaban J connectivity index is 2.13. The zero-order valence-electron chi connectivity index (χ0n) is 9.44. The van der Waals surface area contributed by atoms with Gasteiger partial charge in [-0.2, -0.15) is 0 Å². The van der Waals surface area contributed by atoms with E-state index in [2.05, 4.69) is 0 Å². The first-order valence-corrected chi connectivity index (χ1v) is 5.55. The van der Waals surface area contributed by atoms with Gasteiger partial charge in [-0.3, -0.25) is 0 Å². The Labute approximate surface area is 90.5 Å². The van der Waals surface area contributed by atoms with Crippen LogP contribution in [0.25, 0.3) is 0 Å². The molecule has 0 aromatic heterocycles. The summed E-state index contributed by atoms with van der Waals surface area (Å²) in [6.45, 7) is 3.83. The van der Waals surface area contributed by atoms with Gasteiger partial charge in [-0.15, -0.1) is 0 Å². The SMILES string of the molecule is Cc1cc(C)c(F)c(CCC2(N)CC2)c1. The molecule has 1 aliphatic rings. The number of aryl methyl sites for hydroxylation is 3. The third-order valence-corrected chi connectivity index (χ3v) is 3.26. The van der Waals surface area contributed by atoms with Crippen LogP contribution in [-0.4, -0.2) is 5.54 Å². The lowest BCUT2D eigenvalue weighted by Gasteiger charge is -2.11. The lowest BCUT2D eigenvalue weighted by atomic mass is 9.99. The topological polar surface area (TPSA) is 26.0 Å². The Morgan fingerprint density at radius 2 is 2.00 bits per heavy atom. The quantitative estimate of drug-likeness (QED) is 0.810. The largest absolute Gasteiger partial charge is 0.325 e. The van der Waals surface area contributed by atoms with Crippen LogP contribution >= 0.6 is 0 Å². The Hall–Kier alpha value is -0.890. The predicted molar refractivity (Wildman–Crippen MR) is 60.3 cm³/mol. The Kier molecular flexibility index (Phi) is 2.55. The standard InChI is InChI=1S/C13H18FN/c1-9-7-10(2)12(14)11(8-9)3-4-13(15)5-6-13/h7-8H,3-6,15H2,1-2H3. The molecule has 1 nitrogen and oxygen atoms in total. The zero-order chi connectivity index (χ0) is 11.1. The molecule has 0 atom stereocenters. The molecule has 82 valence electrons. The number of nitrogens with two attached hydrogens (primary N) is 1. The Morgan fingerprint density at radius 3 is 2.60 bits per heavy atom. The molecule has 0 unspecified atom stereocenters. The summed E-state index contributed by atoms with van der Waals surface area (Å²) < 4.78 is 13.7. The number of benzene rings is 1. The molecule has 2 rings (SSSR count). The molecule has 1 saturated carbocycles. The molecule has 0 aliphatic heterocycles. The van der Waals surface area contributed by atoms with E-state index in [0.29, 0.717) is 0 Å². The maximum absolute atomic E-state index is 13.7. The average molecular weight is 207 g/mol. The summed E-state index contributed by atoms with van der Waals surface area (Å²) in [6.07, 6.45) is 3.87. The van der Waals surface area contributed by atoms with Gasteiger partial charge >= 0.3 is 0 Å². The molecule has 2 N–H and O–H groups in total. The first-order valence-electron chi connectivity index (χ1n) is 5.55. The monoisotopic (exact) mass is 207 g/mol. The lowest BCUT2D eigenvalue weighted by Crippen LogP contribution is -2.22. The number of hydrogen-bond donors (Lipinski definition) is 1. The maximum Gasteiger partial charge on any atom is 0.129 e. The molecule has 0 spiro atoms. The fourth-order valence-electron chi connectivity index (χ4n) is 2.01. The first kappa shape index (κ1) is 10.6. The van der Waals surface area contributed by atoms with Crippen molar-refractivity contribution in [1.29, 1.82) is 0 Å². The van der Waals surface area contributed by atoms with Gasteiger partial charge in [0.15, 0.2) is 0 Å². The van der Waals surface area contributed by atoms with Crippen LogP contribution in [0.2, 0.25) is 0 Å². The van der Waals surface area contributed by atoms with Gasteiger partial charge in [0, 0.05) is 5.54 Å². The van der Waals surface area contributed by atoms with Crippen molar-refractivity contribution in [2.45, 2.75) is 45.1 Å². The Morgan fingerprint density at radius 1 is 1.33 bits per heavy atom. The van der Waals surface area contributed by atoms with Gasteiger partial charge in [0.1, 0.15) is 5.82 Å². The van der Waals surface area contributed by atoms with Crippen molar-refractivity contribution in [3.8, 4) is 0 Å². The number of hydrogen-bond acceptors (Lipinski definition) is 1. The van der Waals surface area contributed by atoms with Crippen LogP contribution in [0.15, 0.2) is 12.1 Å². The fraction of sp³-hybridized carbons (Fsp3) is 0.538. The van der Waals surface area contributed by atoms with E-state index in [0.717, 1.165) is 42.4 Å². The van der Waals surface area contributed by atoms with E-state index in [1.807, 2.05) is 26.0 Å². The van der Waals surface area contributed by atoms with Crippen molar-refractivity contribution < 1.29 is 4.39 Å². The van der Waals surface area contributed by atoms with Crippen molar-refractivity contribution in [3.05, 3.63) is 34.6 Å². The third kappa shape index (κ3) is 2.37. The second-order valence-electron chi connectivity index (χ2n) is 4.92. The molecule has 0 saturated heterocycles. The van der Waals surface area contributed by atoms with Gasteiger partial charge in [-0.25, -0.2) is 4.39 Å². The molecule has 1 aromatic rings. The van der Waals surface area contributed by atoms with E-state index >= 15 is 0 Å². The molecule has 0 radical (unpaired) electrons. The van der Waals surface area contributed by atoms with Crippen molar-refractivity contribution in [3.63, 3.8) is 0 Å². The maximum atomic E-state index is 13.7. The zero-order valence-corrected chi connectivity index (χ0v) is 9.44. The minimum Gasteiger partial charge on any atom is -0.325 e. The highest BCUT2D eigenvalue weighted by molar-refractivity contribution is 5.31. The van der Waals surface area contributed by atoms with Gasteiger partial charge < -0.3 is 5.73 Å². The van der Waals surface area contributed by atoms with Crippen molar-refractivity contribution >= 4 is 0 Å². The highest BCUT2D eigenvalue weighted by atomic mass is 19.1. The molecular weight excluding hydrogens is 189 g/mol. The molecule has 0 heterocycles. The van der Waals surface area contributed by atoms with Crippen LogP contribution in [-0.2, 0) is 6.42 Å². The minimum absolute atomic E-state index is 0.0179. The summed E-state index contributed by atoms with van der Waals surface area (Å²) in [5.41, 5.74) is 8.71. The molecule has 2 heteroatoms. The molecule has 0 amide bonds. The summed E-state index contributed by atoms with van der Waals surface area (Å²) in [7, 11) is 0. The van der Waals surface area contributed by atoms with Crippen LogP contribution in [0.4, 0.5) is 4.39 Å². The van der Waals surface area contributed by atoms with Gasteiger partial charge in [0.25, 0.3) is 0 Å². The Bertz CT molecular complexity index is 380. The summed E-state index contributed by atoms with van der Waals surface area (Å²) >= 11 is 0. The third-order valence-electron chi connectivity index (χ3n) is 3.26. The molecule has 1 aromatic carbocycles. The molecule has 1 aliphatic carbocycles. The smallest absolute Gasteiger partial charge is 0.129 e. The van der Waals surface area contributed by atoms with E-state index in [9.17, 15) is 4.39 Å². The van der Waals surface area contributed by atoms with Crippen LogP contribution in [0.1, 0.15) is 36.0 Å². The second kappa shape index (κ2) is 3.60. The summed E-state index contributed by atoms with van der Waals surface area (Å²) in [5.74, 6) is -0.0511. The second-order valence-corrected chi connectivity index (χ2v) is 4.92. The van der Waals surface area contributed by atoms with E-state index in [-0.39, 0.29) is 11.4 Å².